The molecule has 0 bridgehead atoms. The number of carbonyl (C=O) groups is 1. The van der Waals surface area contributed by atoms with E-state index in [1.165, 1.54) is 0 Å². The highest BCUT2D eigenvalue weighted by Crippen LogP contribution is 2.19. The van der Waals surface area contributed by atoms with Gasteiger partial charge in [-0.2, -0.15) is 0 Å². The third-order valence-electron chi connectivity index (χ3n) is 3.02. The van der Waals surface area contributed by atoms with Gasteiger partial charge >= 0.3 is 5.97 Å². The van der Waals surface area contributed by atoms with E-state index in [9.17, 15) is 4.79 Å². The Balaban J connectivity index is 0.000000299. The topological polar surface area (TPSA) is 59.1 Å². The van der Waals surface area contributed by atoms with Crippen LogP contribution >= 0.6 is 0 Å². The lowest BCUT2D eigenvalue weighted by Gasteiger charge is -2.03. The molecule has 1 aliphatic rings. The molecule has 1 fully saturated rings. The van der Waals surface area contributed by atoms with Gasteiger partial charge < -0.3 is 14.6 Å². The summed E-state index contributed by atoms with van der Waals surface area (Å²) in [7, 11) is 0. The van der Waals surface area contributed by atoms with Gasteiger partial charge in [-0.15, -0.1) is 0 Å². The highest BCUT2D eigenvalue weighted by Gasteiger charge is 2.19. The van der Waals surface area contributed by atoms with E-state index in [1.54, 1.807) is 12.1 Å². The molecule has 1 saturated heterocycles. The largest absolute Gasteiger partial charge is 0.432 e. The Morgan fingerprint density at radius 2 is 1.77 bits per heavy atom. The zero-order valence-corrected chi connectivity index (χ0v) is 12.1. The standard InChI is InChI=1S/C15H12O2.C3H6O2/c1-2-17-15(16)14-10-8-13(9-11-14)12-6-4-3-5-7-12;4-1-3-2-5-3/h2-11H,1H2;3-4H,1-2H2. The quantitative estimate of drug-likeness (QED) is 0.535. The summed E-state index contributed by atoms with van der Waals surface area (Å²) in [5.74, 6) is -0.389. The van der Waals surface area contributed by atoms with E-state index in [-0.39, 0.29) is 18.7 Å². The Hall–Kier alpha value is -2.43. The number of rotatable bonds is 4. The minimum atomic E-state index is -0.389. The van der Waals surface area contributed by atoms with Gasteiger partial charge in [-0.1, -0.05) is 49.0 Å². The van der Waals surface area contributed by atoms with Gasteiger partial charge in [0, 0.05) is 0 Å². The van der Waals surface area contributed by atoms with Gasteiger partial charge in [-0.3, -0.25) is 0 Å². The SMILES string of the molecule is C=COC(=O)c1ccc(-c2ccccc2)cc1.OCC1CO1. The minimum Gasteiger partial charge on any atom is -0.432 e. The number of aliphatic hydroxyl groups excluding tert-OH is 1. The van der Waals surface area contributed by atoms with Crippen molar-refractivity contribution < 1.29 is 19.4 Å². The van der Waals surface area contributed by atoms with Crippen molar-refractivity contribution in [2.45, 2.75) is 6.10 Å². The number of aliphatic hydroxyl groups is 1. The molecule has 0 aromatic heterocycles. The van der Waals surface area contributed by atoms with E-state index >= 15 is 0 Å². The van der Waals surface area contributed by atoms with E-state index < -0.39 is 0 Å². The van der Waals surface area contributed by atoms with Crippen molar-refractivity contribution >= 4 is 5.97 Å². The molecule has 114 valence electrons. The molecule has 1 unspecified atom stereocenters. The van der Waals surface area contributed by atoms with Crippen LogP contribution in [-0.2, 0) is 9.47 Å². The first-order valence-electron chi connectivity index (χ1n) is 6.94. The summed E-state index contributed by atoms with van der Waals surface area (Å²) in [4.78, 5) is 11.4. The van der Waals surface area contributed by atoms with Crippen molar-refractivity contribution in [3.63, 3.8) is 0 Å². The van der Waals surface area contributed by atoms with E-state index in [4.69, 9.17) is 9.84 Å². The van der Waals surface area contributed by atoms with Gasteiger partial charge in [0.2, 0.25) is 0 Å². The van der Waals surface area contributed by atoms with Crippen LogP contribution in [0.2, 0.25) is 0 Å². The van der Waals surface area contributed by atoms with Crippen molar-refractivity contribution in [1.29, 1.82) is 0 Å². The predicted octanol–water partition coefficient (Wildman–Crippen LogP) is 3.03. The molecule has 1 aliphatic heterocycles. The molecule has 1 atom stereocenters. The fourth-order valence-corrected chi connectivity index (χ4v) is 1.75. The summed E-state index contributed by atoms with van der Waals surface area (Å²) in [6.07, 6.45) is 1.32. The Bertz CT molecular complexity index is 601. The Labute approximate surface area is 129 Å². The molecule has 0 aliphatic carbocycles. The van der Waals surface area contributed by atoms with E-state index in [1.807, 2.05) is 42.5 Å². The minimum absolute atomic E-state index is 0.190. The monoisotopic (exact) mass is 298 g/mol. The molecule has 2 aromatic rings. The molecule has 0 radical (unpaired) electrons. The highest BCUT2D eigenvalue weighted by molar-refractivity contribution is 5.90. The van der Waals surface area contributed by atoms with Gasteiger partial charge in [0.1, 0.15) is 6.10 Å². The first-order chi connectivity index (χ1) is 10.7. The molecule has 1 heterocycles. The third-order valence-corrected chi connectivity index (χ3v) is 3.02. The molecule has 0 spiro atoms. The van der Waals surface area contributed by atoms with Crippen molar-refractivity contribution in [2.75, 3.05) is 13.2 Å². The molecule has 4 heteroatoms. The predicted molar refractivity (Wildman–Crippen MR) is 84.3 cm³/mol. The fourth-order valence-electron chi connectivity index (χ4n) is 1.75. The number of esters is 1. The molecule has 4 nitrogen and oxygen atoms in total. The molecule has 22 heavy (non-hydrogen) atoms. The zero-order chi connectivity index (χ0) is 15.8. The molecular weight excluding hydrogens is 280 g/mol. The second-order valence-electron chi connectivity index (χ2n) is 4.65. The summed E-state index contributed by atoms with van der Waals surface area (Å²) < 4.78 is 9.31. The van der Waals surface area contributed by atoms with E-state index in [0.717, 1.165) is 24.0 Å². The van der Waals surface area contributed by atoms with Gasteiger partial charge in [0.25, 0.3) is 0 Å². The van der Waals surface area contributed by atoms with Crippen LogP contribution < -0.4 is 0 Å². The van der Waals surface area contributed by atoms with E-state index in [2.05, 4.69) is 11.3 Å². The Morgan fingerprint density at radius 1 is 1.18 bits per heavy atom. The van der Waals surface area contributed by atoms with Gasteiger partial charge in [-0.25, -0.2) is 4.79 Å². The van der Waals surface area contributed by atoms with Crippen LogP contribution in [0.15, 0.2) is 67.4 Å². The second kappa shape index (κ2) is 8.12. The maximum absolute atomic E-state index is 11.4. The maximum Gasteiger partial charge on any atom is 0.342 e. The number of hydrogen-bond donors (Lipinski definition) is 1. The van der Waals surface area contributed by atoms with Gasteiger partial charge in [0.05, 0.1) is 25.0 Å². The summed E-state index contributed by atoms with van der Waals surface area (Å²) in [6, 6.07) is 17.3. The van der Waals surface area contributed by atoms with E-state index in [0.29, 0.717) is 5.56 Å². The lowest BCUT2D eigenvalue weighted by molar-refractivity contribution is 0.0664. The molecule has 0 saturated carbocycles. The molecule has 1 N–H and O–H groups in total. The van der Waals surface area contributed by atoms with Gasteiger partial charge in [0.15, 0.2) is 0 Å². The van der Waals surface area contributed by atoms with Crippen LogP contribution in [0.1, 0.15) is 10.4 Å². The van der Waals surface area contributed by atoms with Crippen molar-refractivity contribution in [3.05, 3.63) is 73.0 Å². The van der Waals surface area contributed by atoms with Gasteiger partial charge in [-0.05, 0) is 23.3 Å². The smallest absolute Gasteiger partial charge is 0.342 e. The summed E-state index contributed by atoms with van der Waals surface area (Å²) in [5, 5.41) is 8.08. The zero-order valence-electron chi connectivity index (χ0n) is 12.1. The number of hydrogen-bond acceptors (Lipinski definition) is 4. The van der Waals surface area contributed by atoms with Crippen LogP contribution in [0.25, 0.3) is 11.1 Å². The molecule has 3 rings (SSSR count). The Morgan fingerprint density at radius 3 is 2.23 bits per heavy atom. The normalized spacial score (nSPS) is 15.2. The number of benzene rings is 2. The summed E-state index contributed by atoms with van der Waals surface area (Å²) in [6.45, 7) is 4.30. The maximum atomic E-state index is 11.4. The first-order valence-corrected chi connectivity index (χ1v) is 6.94. The molecular formula is C18H18O4. The van der Waals surface area contributed by atoms with Crippen LogP contribution in [-0.4, -0.2) is 30.4 Å². The fraction of sp³-hybridized carbons (Fsp3) is 0.167. The third kappa shape index (κ3) is 4.84. The number of epoxide rings is 1. The Kier molecular flexibility index (Phi) is 5.89. The highest BCUT2D eigenvalue weighted by atomic mass is 16.6. The lowest BCUT2D eigenvalue weighted by Crippen LogP contribution is -1.99. The van der Waals surface area contributed by atoms with Crippen LogP contribution in [0.3, 0.4) is 0 Å². The average Bonchev–Trinajstić information content (AvgIpc) is 3.41. The first kappa shape index (κ1) is 15.9. The second-order valence-corrected chi connectivity index (χ2v) is 4.65. The summed E-state index contributed by atoms with van der Waals surface area (Å²) in [5.41, 5.74) is 2.71. The number of ether oxygens (including phenoxy) is 2. The molecule has 2 aromatic carbocycles. The van der Waals surface area contributed by atoms with Crippen LogP contribution in [0.4, 0.5) is 0 Å². The number of carbonyl (C=O) groups excluding carboxylic acids is 1. The van der Waals surface area contributed by atoms with Crippen LogP contribution in [0, 0.1) is 0 Å². The van der Waals surface area contributed by atoms with Crippen LogP contribution in [0.5, 0.6) is 0 Å². The molecule has 0 amide bonds. The van der Waals surface area contributed by atoms with Crippen molar-refractivity contribution in [3.8, 4) is 11.1 Å². The average molecular weight is 298 g/mol. The summed E-state index contributed by atoms with van der Waals surface area (Å²) >= 11 is 0. The lowest BCUT2D eigenvalue weighted by atomic mass is 10.0. The van der Waals surface area contributed by atoms with Crippen molar-refractivity contribution in [2.24, 2.45) is 0 Å². The van der Waals surface area contributed by atoms with Crippen molar-refractivity contribution in [1.82, 2.24) is 0 Å².